The van der Waals surface area contributed by atoms with E-state index in [1.807, 2.05) is 22.8 Å². The maximum absolute atomic E-state index is 4.71. The van der Waals surface area contributed by atoms with Crippen LogP contribution in [0.5, 0.6) is 0 Å². The molecule has 2 aromatic carbocycles. The Kier molecular flexibility index (Phi) is 2.79. The molecule has 0 amide bonds. The standard InChI is InChI=1S/C16H12N4S/c1-11-6-7-12(8-14(11)20-9-17-18-10-20)16-19-13-4-2-3-5-15(13)21-16/h2-10H,1H3. The Morgan fingerprint density at radius 3 is 2.62 bits per heavy atom. The quantitative estimate of drug-likeness (QED) is 0.563. The van der Waals surface area contributed by atoms with Crippen LogP contribution in [0.3, 0.4) is 0 Å². The summed E-state index contributed by atoms with van der Waals surface area (Å²) < 4.78 is 3.13. The van der Waals surface area contributed by atoms with Crippen LogP contribution < -0.4 is 0 Å². The Morgan fingerprint density at radius 2 is 1.81 bits per heavy atom. The summed E-state index contributed by atoms with van der Waals surface area (Å²) in [6.07, 6.45) is 3.43. The molecule has 0 aliphatic heterocycles. The highest BCUT2D eigenvalue weighted by atomic mass is 32.1. The number of thiazole rings is 1. The van der Waals surface area contributed by atoms with Crippen molar-refractivity contribution in [3.8, 4) is 16.3 Å². The van der Waals surface area contributed by atoms with Gasteiger partial charge in [0.05, 0.1) is 15.9 Å². The molecule has 21 heavy (non-hydrogen) atoms. The van der Waals surface area contributed by atoms with Gasteiger partial charge >= 0.3 is 0 Å². The molecule has 0 saturated heterocycles. The van der Waals surface area contributed by atoms with Gasteiger partial charge in [-0.1, -0.05) is 24.3 Å². The van der Waals surface area contributed by atoms with Crippen molar-refractivity contribution in [2.45, 2.75) is 6.92 Å². The highest BCUT2D eigenvalue weighted by Crippen LogP contribution is 2.31. The first kappa shape index (κ1) is 12.2. The molecule has 0 aliphatic carbocycles. The van der Waals surface area contributed by atoms with E-state index in [9.17, 15) is 0 Å². The molecule has 0 aliphatic rings. The highest BCUT2D eigenvalue weighted by molar-refractivity contribution is 7.21. The third-order valence-electron chi connectivity index (χ3n) is 3.45. The van der Waals surface area contributed by atoms with Crippen molar-refractivity contribution in [1.29, 1.82) is 0 Å². The second kappa shape index (κ2) is 4.79. The molecule has 0 fully saturated rings. The molecule has 0 bridgehead atoms. The van der Waals surface area contributed by atoms with Gasteiger partial charge in [0.25, 0.3) is 0 Å². The van der Waals surface area contributed by atoms with Gasteiger partial charge in [0, 0.05) is 5.56 Å². The van der Waals surface area contributed by atoms with E-state index >= 15 is 0 Å². The van der Waals surface area contributed by atoms with Crippen molar-refractivity contribution in [1.82, 2.24) is 19.7 Å². The van der Waals surface area contributed by atoms with Crippen LogP contribution in [0, 0.1) is 6.92 Å². The average molecular weight is 292 g/mol. The van der Waals surface area contributed by atoms with Gasteiger partial charge in [-0.15, -0.1) is 21.5 Å². The van der Waals surface area contributed by atoms with E-state index < -0.39 is 0 Å². The second-order valence-electron chi connectivity index (χ2n) is 4.86. The lowest BCUT2D eigenvalue weighted by molar-refractivity contribution is 1.04. The summed E-state index contributed by atoms with van der Waals surface area (Å²) in [5.41, 5.74) is 4.42. The van der Waals surface area contributed by atoms with Crippen molar-refractivity contribution >= 4 is 21.6 Å². The first-order valence-corrected chi connectivity index (χ1v) is 7.44. The van der Waals surface area contributed by atoms with Gasteiger partial charge in [-0.2, -0.15) is 0 Å². The molecule has 4 rings (SSSR count). The summed E-state index contributed by atoms with van der Waals surface area (Å²) in [7, 11) is 0. The van der Waals surface area contributed by atoms with E-state index in [0.29, 0.717) is 0 Å². The molecule has 4 aromatic rings. The molecule has 102 valence electrons. The van der Waals surface area contributed by atoms with E-state index in [1.54, 1.807) is 24.0 Å². The summed E-state index contributed by atoms with van der Waals surface area (Å²) in [5, 5.41) is 8.79. The third-order valence-corrected chi connectivity index (χ3v) is 4.53. The fourth-order valence-electron chi connectivity index (χ4n) is 2.34. The topological polar surface area (TPSA) is 43.6 Å². The van der Waals surface area contributed by atoms with Crippen LogP contribution in [0.1, 0.15) is 5.56 Å². The Hall–Kier alpha value is -2.53. The number of fused-ring (bicyclic) bond motifs is 1. The molecule has 0 radical (unpaired) electrons. The zero-order valence-electron chi connectivity index (χ0n) is 11.4. The van der Waals surface area contributed by atoms with Crippen molar-refractivity contribution in [2.75, 3.05) is 0 Å². The summed E-state index contributed by atoms with van der Waals surface area (Å²) >= 11 is 1.71. The number of hydrogen-bond acceptors (Lipinski definition) is 4. The molecule has 0 spiro atoms. The molecule has 2 heterocycles. The van der Waals surface area contributed by atoms with Crippen LogP contribution in [0.25, 0.3) is 26.5 Å². The maximum atomic E-state index is 4.71. The molecule has 0 unspecified atom stereocenters. The van der Waals surface area contributed by atoms with Crippen molar-refractivity contribution in [2.24, 2.45) is 0 Å². The summed E-state index contributed by atoms with van der Waals surface area (Å²) in [6.45, 7) is 2.08. The normalized spacial score (nSPS) is 11.1. The molecular weight excluding hydrogens is 280 g/mol. The third kappa shape index (κ3) is 2.11. The molecule has 2 aromatic heterocycles. The lowest BCUT2D eigenvalue weighted by Crippen LogP contribution is -1.94. The van der Waals surface area contributed by atoms with E-state index in [2.05, 4.69) is 41.4 Å². The van der Waals surface area contributed by atoms with Crippen molar-refractivity contribution < 1.29 is 0 Å². The predicted molar refractivity (Wildman–Crippen MR) is 84.7 cm³/mol. The Morgan fingerprint density at radius 1 is 1.00 bits per heavy atom. The summed E-state index contributed by atoms with van der Waals surface area (Å²) in [5.74, 6) is 0. The van der Waals surface area contributed by atoms with Gasteiger partial charge in [-0.3, -0.25) is 4.57 Å². The average Bonchev–Trinajstić information content (AvgIpc) is 3.17. The fraction of sp³-hybridized carbons (Fsp3) is 0.0625. The number of nitrogens with zero attached hydrogens (tertiary/aromatic N) is 4. The lowest BCUT2D eigenvalue weighted by atomic mass is 10.1. The number of aryl methyl sites for hydroxylation is 1. The Bertz CT molecular complexity index is 876. The smallest absolute Gasteiger partial charge is 0.124 e. The molecule has 0 atom stereocenters. The maximum Gasteiger partial charge on any atom is 0.124 e. The summed E-state index contributed by atoms with van der Waals surface area (Å²) in [4.78, 5) is 4.71. The minimum Gasteiger partial charge on any atom is -0.288 e. The Balaban J connectivity index is 1.87. The SMILES string of the molecule is Cc1ccc(-c2nc3ccccc3s2)cc1-n1cnnc1. The minimum absolute atomic E-state index is 1.03. The van der Waals surface area contributed by atoms with E-state index in [1.165, 1.54) is 10.3 Å². The number of rotatable bonds is 2. The lowest BCUT2D eigenvalue weighted by Gasteiger charge is -2.07. The van der Waals surface area contributed by atoms with Crippen LogP contribution in [0.2, 0.25) is 0 Å². The van der Waals surface area contributed by atoms with E-state index in [0.717, 1.165) is 21.8 Å². The number of benzene rings is 2. The van der Waals surface area contributed by atoms with Crippen LogP contribution in [-0.2, 0) is 0 Å². The highest BCUT2D eigenvalue weighted by Gasteiger charge is 2.09. The zero-order valence-corrected chi connectivity index (χ0v) is 12.2. The van der Waals surface area contributed by atoms with Gasteiger partial charge in [-0.25, -0.2) is 4.98 Å². The van der Waals surface area contributed by atoms with E-state index in [4.69, 9.17) is 4.98 Å². The number of para-hydroxylation sites is 1. The number of hydrogen-bond donors (Lipinski definition) is 0. The van der Waals surface area contributed by atoms with Gasteiger partial charge in [0.15, 0.2) is 0 Å². The number of aromatic nitrogens is 4. The van der Waals surface area contributed by atoms with Crippen molar-refractivity contribution in [3.63, 3.8) is 0 Å². The monoisotopic (exact) mass is 292 g/mol. The van der Waals surface area contributed by atoms with Crippen LogP contribution in [-0.4, -0.2) is 19.7 Å². The molecule has 4 nitrogen and oxygen atoms in total. The first-order chi connectivity index (χ1) is 10.3. The zero-order chi connectivity index (χ0) is 14.2. The van der Waals surface area contributed by atoms with Crippen LogP contribution >= 0.6 is 11.3 Å². The predicted octanol–water partition coefficient (Wildman–Crippen LogP) is 3.85. The molecular formula is C16H12N4S. The van der Waals surface area contributed by atoms with Gasteiger partial charge < -0.3 is 0 Å². The Labute approximate surface area is 125 Å². The molecule has 0 N–H and O–H groups in total. The fourth-order valence-corrected chi connectivity index (χ4v) is 3.30. The van der Waals surface area contributed by atoms with E-state index in [-0.39, 0.29) is 0 Å². The van der Waals surface area contributed by atoms with Gasteiger partial charge in [0.1, 0.15) is 17.7 Å². The minimum atomic E-state index is 1.03. The molecule has 0 saturated carbocycles. The van der Waals surface area contributed by atoms with Crippen LogP contribution in [0.15, 0.2) is 55.1 Å². The molecule has 5 heteroatoms. The van der Waals surface area contributed by atoms with Crippen molar-refractivity contribution in [3.05, 3.63) is 60.7 Å². The summed E-state index contributed by atoms with van der Waals surface area (Å²) in [6, 6.07) is 14.6. The van der Waals surface area contributed by atoms with Crippen LogP contribution in [0.4, 0.5) is 0 Å². The first-order valence-electron chi connectivity index (χ1n) is 6.63. The van der Waals surface area contributed by atoms with Gasteiger partial charge in [-0.05, 0) is 30.7 Å². The second-order valence-corrected chi connectivity index (χ2v) is 5.89. The van der Waals surface area contributed by atoms with Gasteiger partial charge in [0.2, 0.25) is 0 Å². The largest absolute Gasteiger partial charge is 0.288 e.